The molecular weight excluding hydrogens is 256 g/mol. The summed E-state index contributed by atoms with van der Waals surface area (Å²) < 4.78 is 0. The highest BCUT2D eigenvalue weighted by Gasteiger charge is 2.55. The van der Waals surface area contributed by atoms with Crippen LogP contribution in [0.15, 0.2) is 23.8 Å². The Morgan fingerprint density at radius 1 is 1.19 bits per heavy atom. The van der Waals surface area contributed by atoms with Gasteiger partial charge in [0.15, 0.2) is 5.78 Å². The molecule has 0 aromatic heterocycles. The number of carbonyl (C=O) groups is 1. The number of ketones is 1. The number of carbonyl (C=O) groups excluding carboxylic acids is 1. The van der Waals surface area contributed by atoms with E-state index in [-0.39, 0.29) is 5.41 Å². The maximum Gasteiger partial charge on any atom is 0.156 e. The van der Waals surface area contributed by atoms with Crippen LogP contribution in [0.2, 0.25) is 0 Å². The van der Waals surface area contributed by atoms with Crippen LogP contribution >= 0.6 is 0 Å². The summed E-state index contributed by atoms with van der Waals surface area (Å²) in [7, 11) is 0. The van der Waals surface area contributed by atoms with Crippen LogP contribution in [-0.2, 0) is 4.79 Å². The standard InChI is InChI=1S/C20H28O/c1-3-20-10-4-5-18(20)16-7-6-14-13-15(21)8-11-19(14,2)17(16)9-12-20/h6-7,13,16-18H,3-5,8-12H2,1-2H3/t16-,17+,18+,19+,20+/m1/s1. The third-order valence-electron chi connectivity index (χ3n) is 7.75. The minimum Gasteiger partial charge on any atom is -0.295 e. The van der Waals surface area contributed by atoms with Gasteiger partial charge >= 0.3 is 0 Å². The Morgan fingerprint density at radius 2 is 2.05 bits per heavy atom. The lowest BCUT2D eigenvalue weighted by Crippen LogP contribution is -2.48. The average molecular weight is 284 g/mol. The van der Waals surface area contributed by atoms with Gasteiger partial charge in [-0.1, -0.05) is 38.8 Å². The summed E-state index contributed by atoms with van der Waals surface area (Å²) in [6.45, 7) is 4.86. The zero-order chi connectivity index (χ0) is 14.7. The molecule has 21 heavy (non-hydrogen) atoms. The van der Waals surface area contributed by atoms with E-state index in [4.69, 9.17) is 0 Å². The van der Waals surface area contributed by atoms with Crippen LogP contribution in [-0.4, -0.2) is 5.78 Å². The number of fused-ring (bicyclic) bond motifs is 5. The highest BCUT2D eigenvalue weighted by Crippen LogP contribution is 2.64. The molecule has 114 valence electrons. The van der Waals surface area contributed by atoms with Crippen LogP contribution in [0, 0.1) is 28.6 Å². The zero-order valence-corrected chi connectivity index (χ0v) is 13.5. The van der Waals surface area contributed by atoms with E-state index in [1.54, 1.807) is 0 Å². The lowest BCUT2D eigenvalue weighted by atomic mass is 9.49. The molecule has 2 fully saturated rings. The van der Waals surface area contributed by atoms with Gasteiger partial charge < -0.3 is 0 Å². The molecule has 4 aliphatic carbocycles. The van der Waals surface area contributed by atoms with Crippen molar-refractivity contribution in [2.45, 2.75) is 65.2 Å². The Hall–Kier alpha value is -0.850. The minimum absolute atomic E-state index is 0.274. The Bertz CT molecular complexity index is 528. The molecule has 0 aromatic rings. The van der Waals surface area contributed by atoms with Gasteiger partial charge in [0.25, 0.3) is 0 Å². The van der Waals surface area contributed by atoms with Crippen LogP contribution in [0.1, 0.15) is 65.2 Å². The monoisotopic (exact) mass is 284 g/mol. The smallest absolute Gasteiger partial charge is 0.156 e. The van der Waals surface area contributed by atoms with Crippen LogP contribution in [0.3, 0.4) is 0 Å². The molecule has 0 radical (unpaired) electrons. The van der Waals surface area contributed by atoms with E-state index < -0.39 is 0 Å². The second-order valence-corrected chi connectivity index (χ2v) is 8.28. The van der Waals surface area contributed by atoms with Gasteiger partial charge in [0.05, 0.1) is 0 Å². The van der Waals surface area contributed by atoms with E-state index in [1.165, 1.54) is 44.1 Å². The summed E-state index contributed by atoms with van der Waals surface area (Å²) >= 11 is 0. The summed E-state index contributed by atoms with van der Waals surface area (Å²) in [5.74, 6) is 2.81. The van der Waals surface area contributed by atoms with Crippen LogP contribution in [0.5, 0.6) is 0 Å². The fourth-order valence-electron chi connectivity index (χ4n) is 6.41. The first-order valence-electron chi connectivity index (χ1n) is 9.02. The van der Waals surface area contributed by atoms with E-state index in [9.17, 15) is 4.79 Å². The molecule has 2 saturated carbocycles. The van der Waals surface area contributed by atoms with Crippen molar-refractivity contribution in [1.82, 2.24) is 0 Å². The molecule has 0 amide bonds. The van der Waals surface area contributed by atoms with Crippen molar-refractivity contribution < 1.29 is 4.79 Å². The molecule has 4 rings (SSSR count). The van der Waals surface area contributed by atoms with Crippen LogP contribution in [0.4, 0.5) is 0 Å². The molecule has 0 aromatic carbocycles. The third-order valence-corrected chi connectivity index (χ3v) is 7.75. The van der Waals surface area contributed by atoms with Crippen LogP contribution in [0.25, 0.3) is 0 Å². The van der Waals surface area contributed by atoms with E-state index in [2.05, 4.69) is 26.0 Å². The molecule has 0 bridgehead atoms. The van der Waals surface area contributed by atoms with E-state index in [0.717, 1.165) is 30.6 Å². The summed E-state index contributed by atoms with van der Waals surface area (Å²) in [6.07, 6.45) is 17.1. The van der Waals surface area contributed by atoms with Gasteiger partial charge in [-0.3, -0.25) is 4.79 Å². The number of allylic oxidation sites excluding steroid dienone is 4. The molecule has 0 unspecified atom stereocenters. The second kappa shape index (κ2) is 4.57. The minimum atomic E-state index is 0.274. The maximum absolute atomic E-state index is 11.8. The Balaban J connectivity index is 1.74. The van der Waals surface area contributed by atoms with Crippen molar-refractivity contribution in [3.05, 3.63) is 23.8 Å². The number of rotatable bonds is 1. The van der Waals surface area contributed by atoms with Gasteiger partial charge in [-0.25, -0.2) is 0 Å². The fraction of sp³-hybridized carbons (Fsp3) is 0.750. The van der Waals surface area contributed by atoms with Gasteiger partial charge in [-0.15, -0.1) is 0 Å². The SMILES string of the molecule is CC[C@@]12CCC[C@H]1[C@@H]1C=CC3=CC(=O)CC[C@]3(C)[C@H]1CC2. The lowest BCUT2D eigenvalue weighted by molar-refractivity contribution is -0.116. The van der Waals surface area contributed by atoms with Gasteiger partial charge in [-0.05, 0) is 72.3 Å². The summed E-state index contributed by atoms with van der Waals surface area (Å²) in [6, 6.07) is 0. The zero-order valence-electron chi connectivity index (χ0n) is 13.5. The molecule has 5 atom stereocenters. The molecule has 1 heteroatoms. The van der Waals surface area contributed by atoms with Gasteiger partial charge in [0.2, 0.25) is 0 Å². The number of hydrogen-bond donors (Lipinski definition) is 0. The van der Waals surface area contributed by atoms with E-state index in [1.807, 2.05) is 6.08 Å². The van der Waals surface area contributed by atoms with Crippen molar-refractivity contribution >= 4 is 5.78 Å². The molecule has 0 N–H and O–H groups in total. The van der Waals surface area contributed by atoms with Crippen LogP contribution < -0.4 is 0 Å². The average Bonchev–Trinajstić information content (AvgIpc) is 2.92. The first-order chi connectivity index (χ1) is 10.1. The van der Waals surface area contributed by atoms with Crippen molar-refractivity contribution in [2.75, 3.05) is 0 Å². The Kier molecular flexibility index (Phi) is 3.00. The predicted molar refractivity (Wildman–Crippen MR) is 85.9 cm³/mol. The summed E-state index contributed by atoms with van der Waals surface area (Å²) in [5.41, 5.74) is 2.26. The summed E-state index contributed by atoms with van der Waals surface area (Å²) in [4.78, 5) is 11.8. The molecule has 0 spiro atoms. The first kappa shape index (κ1) is 13.8. The Morgan fingerprint density at radius 3 is 2.86 bits per heavy atom. The van der Waals surface area contributed by atoms with Gasteiger partial charge in [0, 0.05) is 6.42 Å². The molecule has 0 saturated heterocycles. The van der Waals surface area contributed by atoms with Gasteiger partial charge in [0.1, 0.15) is 0 Å². The van der Waals surface area contributed by atoms with Crippen molar-refractivity contribution in [1.29, 1.82) is 0 Å². The molecular formula is C20H28O. The predicted octanol–water partition coefficient (Wildman–Crippen LogP) is 5.07. The van der Waals surface area contributed by atoms with Crippen molar-refractivity contribution in [2.24, 2.45) is 28.6 Å². The Labute approximate surface area is 128 Å². The lowest BCUT2D eigenvalue weighted by Gasteiger charge is -2.55. The largest absolute Gasteiger partial charge is 0.295 e. The molecule has 0 heterocycles. The topological polar surface area (TPSA) is 17.1 Å². The normalized spacial score (nSPS) is 48.4. The first-order valence-corrected chi connectivity index (χ1v) is 9.02. The van der Waals surface area contributed by atoms with E-state index in [0.29, 0.717) is 11.2 Å². The highest BCUT2D eigenvalue weighted by atomic mass is 16.1. The van der Waals surface area contributed by atoms with Crippen molar-refractivity contribution in [3.8, 4) is 0 Å². The molecule has 1 nitrogen and oxygen atoms in total. The third kappa shape index (κ3) is 1.79. The number of hydrogen-bond acceptors (Lipinski definition) is 1. The quantitative estimate of drug-likeness (QED) is 0.656. The second-order valence-electron chi connectivity index (χ2n) is 8.28. The molecule has 4 aliphatic rings. The molecule has 0 aliphatic heterocycles. The summed E-state index contributed by atoms with van der Waals surface area (Å²) in [5, 5.41) is 0. The highest BCUT2D eigenvalue weighted by molar-refractivity contribution is 5.92. The van der Waals surface area contributed by atoms with Crippen molar-refractivity contribution in [3.63, 3.8) is 0 Å². The van der Waals surface area contributed by atoms with Gasteiger partial charge in [-0.2, -0.15) is 0 Å². The maximum atomic E-state index is 11.8. The fourth-order valence-corrected chi connectivity index (χ4v) is 6.41. The van der Waals surface area contributed by atoms with E-state index >= 15 is 0 Å².